The second-order valence-electron chi connectivity index (χ2n) is 5.09. The minimum Gasteiger partial charge on any atom is -0.326 e. The molecule has 0 bridgehead atoms. The van der Waals surface area contributed by atoms with Crippen LogP contribution < -0.4 is 10.5 Å². The highest BCUT2D eigenvalue weighted by Gasteiger charge is 2.21. The van der Waals surface area contributed by atoms with E-state index in [1.165, 1.54) is 12.1 Å². The van der Waals surface area contributed by atoms with Crippen LogP contribution >= 0.6 is 0 Å². The average molecular weight is 294 g/mol. The zero-order valence-corrected chi connectivity index (χ0v) is 12.3. The van der Waals surface area contributed by atoms with Crippen molar-refractivity contribution in [3.8, 4) is 0 Å². The number of carbonyl (C=O) groups excluding carboxylic acids is 1. The monoisotopic (exact) mass is 294 g/mol. The molecule has 108 valence electrons. The highest BCUT2D eigenvalue weighted by atomic mass is 32.2. The maximum absolute atomic E-state index is 12.1. The Morgan fingerprint density at radius 1 is 1.25 bits per heavy atom. The van der Waals surface area contributed by atoms with E-state index in [2.05, 4.69) is 5.32 Å². The summed E-state index contributed by atoms with van der Waals surface area (Å²) in [7, 11) is -3.78. The fourth-order valence-electron chi connectivity index (χ4n) is 2.19. The lowest BCUT2D eigenvalue weighted by Gasteiger charge is -2.15. The molecule has 6 heteroatoms. The van der Waals surface area contributed by atoms with Crippen LogP contribution in [0.4, 0.5) is 5.69 Å². The van der Waals surface area contributed by atoms with E-state index in [1.54, 1.807) is 6.92 Å². The molecule has 1 aliphatic rings. The van der Waals surface area contributed by atoms with E-state index in [1.807, 2.05) is 19.1 Å². The van der Waals surface area contributed by atoms with E-state index >= 15 is 0 Å². The lowest BCUT2D eigenvalue weighted by Crippen LogP contribution is -2.22. The molecule has 3 N–H and O–H groups in total. The summed E-state index contributed by atoms with van der Waals surface area (Å²) in [5.74, 6) is -0.170. The summed E-state index contributed by atoms with van der Waals surface area (Å²) < 4.78 is 22.9. The first-order valence-electron chi connectivity index (χ1n) is 6.39. The molecule has 5 nitrogen and oxygen atoms in total. The topological polar surface area (TPSA) is 89.3 Å². The first-order chi connectivity index (χ1) is 9.29. The molecule has 0 unspecified atom stereocenters. The average Bonchev–Trinajstić information content (AvgIpc) is 2.87. The van der Waals surface area contributed by atoms with Gasteiger partial charge < -0.3 is 5.32 Å². The van der Waals surface area contributed by atoms with Crippen LogP contribution in [0.3, 0.4) is 0 Å². The number of primary sulfonamides is 1. The van der Waals surface area contributed by atoms with Gasteiger partial charge in [-0.2, -0.15) is 0 Å². The summed E-state index contributed by atoms with van der Waals surface area (Å²) in [6.07, 6.45) is 5.39. The number of nitrogens with two attached hydrogens (primary N) is 1. The van der Waals surface area contributed by atoms with Gasteiger partial charge in [0.1, 0.15) is 0 Å². The van der Waals surface area contributed by atoms with Crippen LogP contribution in [-0.4, -0.2) is 14.3 Å². The number of benzene rings is 1. The number of carbonyl (C=O) groups is 1. The largest absolute Gasteiger partial charge is 0.326 e. The molecule has 0 radical (unpaired) electrons. The van der Waals surface area contributed by atoms with Gasteiger partial charge in [0, 0.05) is 11.6 Å². The van der Waals surface area contributed by atoms with Gasteiger partial charge in [-0.3, -0.25) is 4.79 Å². The molecule has 0 atom stereocenters. The van der Waals surface area contributed by atoms with Crippen LogP contribution in [0.5, 0.6) is 0 Å². The molecule has 1 aromatic rings. The molecule has 0 saturated heterocycles. The van der Waals surface area contributed by atoms with E-state index in [4.69, 9.17) is 5.14 Å². The van der Waals surface area contributed by atoms with Crippen molar-refractivity contribution in [1.82, 2.24) is 0 Å². The Labute approximate surface area is 118 Å². The molecule has 0 aromatic heterocycles. The lowest BCUT2D eigenvalue weighted by molar-refractivity contribution is -0.119. The summed E-state index contributed by atoms with van der Waals surface area (Å²) in [6.45, 7) is 3.63. The van der Waals surface area contributed by atoms with Crippen LogP contribution in [0.2, 0.25) is 0 Å². The number of sulfonamides is 1. The van der Waals surface area contributed by atoms with E-state index in [0.717, 1.165) is 24.0 Å². The van der Waals surface area contributed by atoms with Crippen LogP contribution in [0.1, 0.15) is 24.0 Å². The second kappa shape index (κ2) is 5.38. The Bertz CT molecular complexity index is 670. The SMILES string of the molecule is Cc1cc(S(N)(=O)=O)cc(NC(=O)C2CC=CC2)c1C. The van der Waals surface area contributed by atoms with Gasteiger partial charge in [0.2, 0.25) is 15.9 Å². The van der Waals surface area contributed by atoms with Gasteiger partial charge in [0.15, 0.2) is 0 Å². The van der Waals surface area contributed by atoms with E-state index in [9.17, 15) is 13.2 Å². The highest BCUT2D eigenvalue weighted by molar-refractivity contribution is 7.89. The van der Waals surface area contributed by atoms with Gasteiger partial charge in [-0.25, -0.2) is 13.6 Å². The van der Waals surface area contributed by atoms with Gasteiger partial charge in [0.25, 0.3) is 0 Å². The Balaban J connectivity index is 2.31. The molecule has 0 spiro atoms. The smallest absolute Gasteiger partial charge is 0.238 e. The molecule has 2 rings (SSSR count). The van der Waals surface area contributed by atoms with Gasteiger partial charge in [0.05, 0.1) is 4.90 Å². The summed E-state index contributed by atoms with van der Waals surface area (Å²) in [6, 6.07) is 2.93. The predicted octanol–water partition coefficient (Wildman–Crippen LogP) is 1.86. The third-order valence-electron chi connectivity index (χ3n) is 3.61. The van der Waals surface area contributed by atoms with Crippen molar-refractivity contribution in [2.75, 3.05) is 5.32 Å². The fraction of sp³-hybridized carbons (Fsp3) is 0.357. The molecule has 0 saturated carbocycles. The Morgan fingerprint density at radius 3 is 2.40 bits per heavy atom. The van der Waals surface area contributed by atoms with Gasteiger partial charge in [-0.1, -0.05) is 12.2 Å². The van der Waals surface area contributed by atoms with Gasteiger partial charge >= 0.3 is 0 Å². The minimum absolute atomic E-state index is 0.0143. The number of hydrogen-bond acceptors (Lipinski definition) is 3. The summed E-state index contributed by atoms with van der Waals surface area (Å²) in [5.41, 5.74) is 2.12. The Morgan fingerprint density at radius 2 is 1.85 bits per heavy atom. The minimum atomic E-state index is -3.78. The molecule has 20 heavy (non-hydrogen) atoms. The maximum Gasteiger partial charge on any atom is 0.238 e. The molecule has 1 aromatic carbocycles. The van der Waals surface area contributed by atoms with Crippen molar-refractivity contribution in [3.05, 3.63) is 35.4 Å². The van der Waals surface area contributed by atoms with Crippen molar-refractivity contribution < 1.29 is 13.2 Å². The summed E-state index contributed by atoms with van der Waals surface area (Å²) >= 11 is 0. The molecular formula is C14H18N2O3S. The standard InChI is InChI=1S/C14H18N2O3S/c1-9-7-12(20(15,18)19)8-13(10(9)2)16-14(17)11-5-3-4-6-11/h3-4,7-8,11H,5-6H2,1-2H3,(H,16,17)(H2,15,18,19). The number of amides is 1. The fourth-order valence-corrected chi connectivity index (χ4v) is 2.81. The number of allylic oxidation sites excluding steroid dienone is 2. The third kappa shape index (κ3) is 3.08. The van der Waals surface area contributed by atoms with Gasteiger partial charge in [-0.05, 0) is 49.9 Å². The van der Waals surface area contributed by atoms with Crippen LogP contribution in [-0.2, 0) is 14.8 Å². The normalized spacial score (nSPS) is 15.6. The first kappa shape index (κ1) is 14.7. The van der Waals surface area contributed by atoms with E-state index in [-0.39, 0.29) is 16.7 Å². The summed E-state index contributed by atoms with van der Waals surface area (Å²) in [4.78, 5) is 12.1. The van der Waals surface area contributed by atoms with E-state index in [0.29, 0.717) is 5.69 Å². The molecular weight excluding hydrogens is 276 g/mol. The number of rotatable bonds is 3. The zero-order valence-electron chi connectivity index (χ0n) is 11.5. The number of aryl methyl sites for hydroxylation is 1. The van der Waals surface area contributed by atoms with Crippen molar-refractivity contribution in [2.24, 2.45) is 11.1 Å². The van der Waals surface area contributed by atoms with Crippen molar-refractivity contribution in [2.45, 2.75) is 31.6 Å². The molecule has 0 aliphatic heterocycles. The number of anilines is 1. The second-order valence-corrected chi connectivity index (χ2v) is 6.65. The quantitative estimate of drug-likeness (QED) is 0.834. The zero-order chi connectivity index (χ0) is 14.9. The molecule has 0 fully saturated rings. The van der Waals surface area contributed by atoms with Crippen molar-refractivity contribution >= 4 is 21.6 Å². The van der Waals surface area contributed by atoms with Crippen molar-refractivity contribution in [3.63, 3.8) is 0 Å². The number of hydrogen-bond donors (Lipinski definition) is 2. The summed E-state index contributed by atoms with van der Waals surface area (Å²) in [5, 5.41) is 7.95. The third-order valence-corrected chi connectivity index (χ3v) is 4.50. The predicted molar refractivity (Wildman–Crippen MR) is 77.8 cm³/mol. The van der Waals surface area contributed by atoms with Crippen molar-refractivity contribution in [1.29, 1.82) is 0 Å². The molecule has 0 heterocycles. The highest BCUT2D eigenvalue weighted by Crippen LogP contribution is 2.26. The van der Waals surface area contributed by atoms with E-state index < -0.39 is 10.0 Å². The van der Waals surface area contributed by atoms with Crippen LogP contribution in [0, 0.1) is 19.8 Å². The Hall–Kier alpha value is -1.66. The Kier molecular flexibility index (Phi) is 3.96. The molecule has 1 aliphatic carbocycles. The number of nitrogens with one attached hydrogen (secondary N) is 1. The van der Waals surface area contributed by atoms with Crippen LogP contribution in [0.15, 0.2) is 29.2 Å². The first-order valence-corrected chi connectivity index (χ1v) is 7.93. The van der Waals surface area contributed by atoms with Gasteiger partial charge in [-0.15, -0.1) is 0 Å². The lowest BCUT2D eigenvalue weighted by atomic mass is 10.0. The van der Waals surface area contributed by atoms with Crippen LogP contribution in [0.25, 0.3) is 0 Å². The molecule has 1 amide bonds. The maximum atomic E-state index is 12.1.